The minimum Gasteiger partial charge on any atom is -0.431 e. The van der Waals surface area contributed by atoms with Gasteiger partial charge in [0.1, 0.15) is 5.52 Å². The molecule has 0 radical (unpaired) electrons. The fraction of sp³-hybridized carbons (Fsp3) is 0. The first kappa shape index (κ1) is 11.0. The molecule has 0 spiro atoms. The maximum atomic E-state index is 5.76. The van der Waals surface area contributed by atoms with E-state index in [2.05, 4.69) is 4.98 Å². The van der Waals surface area contributed by atoms with Crippen LogP contribution in [0.25, 0.3) is 11.1 Å². The molecule has 0 amide bonds. The zero-order chi connectivity index (χ0) is 12.5. The normalized spacial score (nSPS) is 10.9. The number of hydrogen-bond acceptors (Lipinski definition) is 5. The third-order valence-electron chi connectivity index (χ3n) is 2.54. The molecule has 0 saturated heterocycles. The van der Waals surface area contributed by atoms with Gasteiger partial charge in [-0.1, -0.05) is 12.1 Å². The summed E-state index contributed by atoms with van der Waals surface area (Å²) in [5.41, 5.74) is 14.2. The third-order valence-corrected chi connectivity index (χ3v) is 3.38. The van der Waals surface area contributed by atoms with Gasteiger partial charge in [0.25, 0.3) is 5.22 Å². The Bertz CT molecular complexity index is 675. The zero-order valence-corrected chi connectivity index (χ0v) is 10.3. The summed E-state index contributed by atoms with van der Waals surface area (Å²) >= 11 is 1.42. The number of nitrogens with two attached hydrogens (primary N) is 2. The van der Waals surface area contributed by atoms with Crippen LogP contribution < -0.4 is 11.5 Å². The Morgan fingerprint density at radius 1 is 1.00 bits per heavy atom. The number of benzene rings is 2. The van der Waals surface area contributed by atoms with Gasteiger partial charge in [0, 0.05) is 4.90 Å². The summed E-state index contributed by atoms with van der Waals surface area (Å²) in [5, 5.41) is 0.598. The van der Waals surface area contributed by atoms with Crippen LogP contribution in [0.5, 0.6) is 0 Å². The number of nitrogens with zero attached hydrogens (tertiary/aromatic N) is 1. The second-order valence-electron chi connectivity index (χ2n) is 3.84. The van der Waals surface area contributed by atoms with Crippen LogP contribution in [0.3, 0.4) is 0 Å². The van der Waals surface area contributed by atoms with Gasteiger partial charge >= 0.3 is 0 Å². The number of para-hydroxylation sites is 2. The predicted octanol–water partition coefficient (Wildman–Crippen LogP) is 3.14. The smallest absolute Gasteiger partial charge is 0.261 e. The van der Waals surface area contributed by atoms with E-state index in [1.807, 2.05) is 36.4 Å². The quantitative estimate of drug-likeness (QED) is 0.689. The van der Waals surface area contributed by atoms with Crippen molar-refractivity contribution in [2.24, 2.45) is 0 Å². The van der Waals surface area contributed by atoms with Gasteiger partial charge in [0.15, 0.2) is 5.58 Å². The van der Waals surface area contributed by atoms with Crippen LogP contribution in [0.4, 0.5) is 11.4 Å². The minimum atomic E-state index is 0.566. The van der Waals surface area contributed by atoms with E-state index < -0.39 is 0 Å². The first-order valence-corrected chi connectivity index (χ1v) is 6.22. The van der Waals surface area contributed by atoms with Gasteiger partial charge in [-0.2, -0.15) is 0 Å². The van der Waals surface area contributed by atoms with Gasteiger partial charge < -0.3 is 15.9 Å². The molecular weight excluding hydrogens is 246 g/mol. The molecule has 4 nitrogen and oxygen atoms in total. The molecule has 0 unspecified atom stereocenters. The van der Waals surface area contributed by atoms with E-state index >= 15 is 0 Å². The van der Waals surface area contributed by atoms with Crippen LogP contribution in [0.2, 0.25) is 0 Å². The number of anilines is 2. The molecule has 90 valence electrons. The minimum absolute atomic E-state index is 0.566. The summed E-state index contributed by atoms with van der Waals surface area (Å²) in [6.07, 6.45) is 0. The molecule has 2 aromatic carbocycles. The Morgan fingerprint density at radius 3 is 2.61 bits per heavy atom. The lowest BCUT2D eigenvalue weighted by Crippen LogP contribution is -1.93. The highest BCUT2D eigenvalue weighted by Gasteiger charge is 2.07. The van der Waals surface area contributed by atoms with Gasteiger partial charge in [0.05, 0.1) is 11.4 Å². The van der Waals surface area contributed by atoms with Gasteiger partial charge in [-0.05, 0) is 42.1 Å². The lowest BCUT2D eigenvalue weighted by Gasteiger charge is -2.01. The average Bonchev–Trinajstić information content (AvgIpc) is 2.76. The van der Waals surface area contributed by atoms with Gasteiger partial charge in [-0.3, -0.25) is 0 Å². The van der Waals surface area contributed by atoms with Gasteiger partial charge in [-0.25, -0.2) is 4.98 Å². The molecule has 18 heavy (non-hydrogen) atoms. The molecule has 1 heterocycles. The van der Waals surface area contributed by atoms with Crippen molar-refractivity contribution in [2.75, 3.05) is 11.5 Å². The van der Waals surface area contributed by atoms with Crippen LogP contribution >= 0.6 is 11.8 Å². The van der Waals surface area contributed by atoms with Crippen molar-refractivity contribution in [3.8, 4) is 0 Å². The van der Waals surface area contributed by atoms with E-state index in [1.165, 1.54) is 11.8 Å². The maximum Gasteiger partial charge on any atom is 0.261 e. The van der Waals surface area contributed by atoms with Crippen LogP contribution in [0.1, 0.15) is 0 Å². The van der Waals surface area contributed by atoms with Gasteiger partial charge in [-0.15, -0.1) is 0 Å². The van der Waals surface area contributed by atoms with Crippen LogP contribution in [0.15, 0.2) is 57.0 Å². The van der Waals surface area contributed by atoms with Crippen LogP contribution in [-0.4, -0.2) is 4.98 Å². The number of hydrogen-bond donors (Lipinski definition) is 2. The second-order valence-corrected chi connectivity index (χ2v) is 4.87. The van der Waals surface area contributed by atoms with Crippen molar-refractivity contribution in [1.29, 1.82) is 0 Å². The van der Waals surface area contributed by atoms with E-state index in [9.17, 15) is 0 Å². The van der Waals surface area contributed by atoms with Crippen LogP contribution in [-0.2, 0) is 0 Å². The highest BCUT2D eigenvalue weighted by atomic mass is 32.2. The van der Waals surface area contributed by atoms with E-state index in [0.717, 1.165) is 16.0 Å². The SMILES string of the molecule is Nc1ccc(Sc2nc3ccccc3o2)cc1N. The van der Waals surface area contributed by atoms with Crippen molar-refractivity contribution >= 4 is 34.2 Å². The maximum absolute atomic E-state index is 5.76. The number of nitrogen functional groups attached to an aromatic ring is 2. The van der Waals surface area contributed by atoms with E-state index in [1.54, 1.807) is 6.07 Å². The molecule has 5 heteroatoms. The molecule has 0 aliphatic heterocycles. The second kappa shape index (κ2) is 4.27. The molecule has 0 bridgehead atoms. The summed E-state index contributed by atoms with van der Waals surface area (Å²) in [4.78, 5) is 5.34. The topological polar surface area (TPSA) is 78.1 Å². The van der Waals surface area contributed by atoms with Crippen LogP contribution in [0, 0.1) is 0 Å². The summed E-state index contributed by atoms with van der Waals surface area (Å²) in [7, 11) is 0. The van der Waals surface area contributed by atoms with Gasteiger partial charge in [0.2, 0.25) is 0 Å². The molecule has 4 N–H and O–H groups in total. The number of aromatic nitrogens is 1. The summed E-state index contributed by atoms with van der Waals surface area (Å²) < 4.78 is 5.62. The van der Waals surface area contributed by atoms with Crippen molar-refractivity contribution in [3.63, 3.8) is 0 Å². The molecule has 3 rings (SSSR count). The van der Waals surface area contributed by atoms with Crippen molar-refractivity contribution in [2.45, 2.75) is 10.1 Å². The predicted molar refractivity (Wildman–Crippen MR) is 73.4 cm³/mol. The highest BCUT2D eigenvalue weighted by Crippen LogP contribution is 2.32. The van der Waals surface area contributed by atoms with Crippen molar-refractivity contribution in [1.82, 2.24) is 4.98 Å². The Kier molecular flexibility index (Phi) is 2.60. The van der Waals surface area contributed by atoms with Crippen molar-refractivity contribution in [3.05, 3.63) is 42.5 Å². The first-order valence-electron chi connectivity index (χ1n) is 5.41. The van der Waals surface area contributed by atoms with E-state index in [-0.39, 0.29) is 0 Å². The highest BCUT2D eigenvalue weighted by molar-refractivity contribution is 7.99. The molecule has 0 fully saturated rings. The summed E-state index contributed by atoms with van der Waals surface area (Å²) in [6, 6.07) is 13.1. The number of oxazole rings is 1. The molecule has 0 aliphatic carbocycles. The Labute approximate surface area is 108 Å². The van der Waals surface area contributed by atoms with E-state index in [4.69, 9.17) is 15.9 Å². The Balaban J connectivity index is 1.93. The fourth-order valence-corrected chi connectivity index (χ4v) is 2.41. The first-order chi connectivity index (χ1) is 8.72. The lowest BCUT2D eigenvalue weighted by atomic mass is 10.3. The molecule has 0 atom stereocenters. The lowest BCUT2D eigenvalue weighted by molar-refractivity contribution is 0.489. The zero-order valence-electron chi connectivity index (χ0n) is 9.46. The molecule has 0 saturated carbocycles. The summed E-state index contributed by atoms with van der Waals surface area (Å²) in [6.45, 7) is 0. The standard InChI is InChI=1S/C13H11N3OS/c14-9-6-5-8(7-10(9)15)18-13-16-11-3-1-2-4-12(11)17-13/h1-7H,14-15H2. The monoisotopic (exact) mass is 257 g/mol. The third kappa shape index (κ3) is 2.00. The Morgan fingerprint density at radius 2 is 1.83 bits per heavy atom. The summed E-state index contributed by atoms with van der Waals surface area (Å²) in [5.74, 6) is 0. The average molecular weight is 257 g/mol. The largest absolute Gasteiger partial charge is 0.431 e. The molecular formula is C13H11N3OS. The molecule has 3 aromatic rings. The number of rotatable bonds is 2. The fourth-order valence-electron chi connectivity index (χ4n) is 1.61. The molecule has 1 aromatic heterocycles. The molecule has 0 aliphatic rings. The Hall–Kier alpha value is -2.14. The van der Waals surface area contributed by atoms with E-state index in [0.29, 0.717) is 16.6 Å². The number of fused-ring (bicyclic) bond motifs is 1. The van der Waals surface area contributed by atoms with Crippen molar-refractivity contribution < 1.29 is 4.42 Å².